The van der Waals surface area contributed by atoms with Crippen LogP contribution in [-0.2, 0) is 9.53 Å². The van der Waals surface area contributed by atoms with Gasteiger partial charge in [0.15, 0.2) is 5.78 Å². The maximum absolute atomic E-state index is 12.1. The smallest absolute Gasteiger partial charge is 0.163 e. The van der Waals surface area contributed by atoms with Crippen LogP contribution in [0.2, 0.25) is 0 Å². The molecule has 0 radical (unpaired) electrons. The van der Waals surface area contributed by atoms with E-state index in [-0.39, 0.29) is 11.7 Å². The lowest BCUT2D eigenvalue weighted by atomic mass is 9.82. The lowest BCUT2D eigenvalue weighted by Gasteiger charge is -2.27. The Labute approximate surface area is 112 Å². The molecule has 0 saturated carbocycles. The van der Waals surface area contributed by atoms with Gasteiger partial charge in [0.25, 0.3) is 0 Å². The van der Waals surface area contributed by atoms with Crippen molar-refractivity contribution in [2.75, 3.05) is 7.11 Å². The van der Waals surface area contributed by atoms with Gasteiger partial charge in [0.05, 0.1) is 13.4 Å². The molecule has 0 aromatic heterocycles. The molecule has 1 unspecified atom stereocenters. The second-order valence-electron chi connectivity index (χ2n) is 4.81. The van der Waals surface area contributed by atoms with E-state index in [2.05, 4.69) is 0 Å². The Bertz CT molecular complexity index is 552. The minimum absolute atomic E-state index is 0.0162. The molecule has 0 bridgehead atoms. The number of ketones is 1. The van der Waals surface area contributed by atoms with Crippen LogP contribution in [-0.4, -0.2) is 12.9 Å². The SMILES string of the molecule is COc1ccc(C2C=COC3=C2C(=O)CCC3)cc1. The fourth-order valence-corrected chi connectivity index (χ4v) is 2.69. The first kappa shape index (κ1) is 12.0. The van der Waals surface area contributed by atoms with Crippen molar-refractivity contribution in [3.63, 3.8) is 0 Å². The standard InChI is InChI=1S/C16H16O3/c1-18-12-7-5-11(6-8-12)13-9-10-19-15-4-2-3-14(17)16(13)15/h5-10,13H,2-4H2,1H3. The van der Waals surface area contributed by atoms with Crippen LogP contribution in [0.5, 0.6) is 5.75 Å². The lowest BCUT2D eigenvalue weighted by molar-refractivity contribution is -0.116. The zero-order chi connectivity index (χ0) is 13.2. The molecule has 19 heavy (non-hydrogen) atoms. The van der Waals surface area contributed by atoms with Crippen molar-refractivity contribution < 1.29 is 14.3 Å². The molecule has 0 N–H and O–H groups in total. The molecule has 3 heteroatoms. The summed E-state index contributed by atoms with van der Waals surface area (Å²) >= 11 is 0. The van der Waals surface area contributed by atoms with Crippen LogP contribution in [0.4, 0.5) is 0 Å². The Morgan fingerprint density at radius 1 is 1.21 bits per heavy atom. The summed E-state index contributed by atoms with van der Waals surface area (Å²) in [6.07, 6.45) is 6.03. The molecule has 0 fully saturated rings. The van der Waals surface area contributed by atoms with E-state index in [1.807, 2.05) is 30.3 Å². The van der Waals surface area contributed by atoms with Crippen molar-refractivity contribution in [1.29, 1.82) is 0 Å². The van der Waals surface area contributed by atoms with Gasteiger partial charge in [-0.15, -0.1) is 0 Å². The van der Waals surface area contributed by atoms with Crippen LogP contribution in [0.1, 0.15) is 30.7 Å². The average Bonchev–Trinajstić information content (AvgIpc) is 2.47. The number of carbonyl (C=O) groups excluding carboxylic acids is 1. The molecule has 1 heterocycles. The Morgan fingerprint density at radius 2 is 2.00 bits per heavy atom. The lowest BCUT2D eigenvalue weighted by Crippen LogP contribution is -2.20. The summed E-state index contributed by atoms with van der Waals surface area (Å²) in [5.74, 6) is 1.90. The molecule has 3 rings (SSSR count). The molecule has 1 aliphatic heterocycles. The highest BCUT2D eigenvalue weighted by Gasteiger charge is 2.30. The summed E-state index contributed by atoms with van der Waals surface area (Å²) in [7, 11) is 1.65. The zero-order valence-electron chi connectivity index (χ0n) is 10.9. The molecule has 1 aromatic rings. The van der Waals surface area contributed by atoms with Gasteiger partial charge in [-0.2, -0.15) is 0 Å². The van der Waals surface area contributed by atoms with Crippen LogP contribution in [0.15, 0.2) is 47.9 Å². The number of carbonyl (C=O) groups is 1. The summed E-state index contributed by atoms with van der Waals surface area (Å²) in [6.45, 7) is 0. The highest BCUT2D eigenvalue weighted by molar-refractivity contribution is 5.98. The van der Waals surface area contributed by atoms with Gasteiger partial charge >= 0.3 is 0 Å². The van der Waals surface area contributed by atoms with Crippen LogP contribution >= 0.6 is 0 Å². The van der Waals surface area contributed by atoms with Gasteiger partial charge in [-0.3, -0.25) is 4.79 Å². The zero-order valence-corrected chi connectivity index (χ0v) is 10.9. The van der Waals surface area contributed by atoms with Gasteiger partial charge in [0, 0.05) is 24.3 Å². The Morgan fingerprint density at radius 3 is 2.74 bits per heavy atom. The Kier molecular flexibility index (Phi) is 3.11. The van der Waals surface area contributed by atoms with Crippen LogP contribution in [0, 0.1) is 0 Å². The van der Waals surface area contributed by atoms with Crippen LogP contribution < -0.4 is 4.74 Å². The average molecular weight is 256 g/mol. The van der Waals surface area contributed by atoms with Crippen molar-refractivity contribution in [2.45, 2.75) is 25.2 Å². The third-order valence-corrected chi connectivity index (χ3v) is 3.68. The highest BCUT2D eigenvalue weighted by Crippen LogP contribution is 2.38. The molecule has 98 valence electrons. The van der Waals surface area contributed by atoms with Crippen molar-refractivity contribution in [3.05, 3.63) is 53.5 Å². The summed E-state index contributed by atoms with van der Waals surface area (Å²) in [4.78, 5) is 12.1. The molecule has 0 amide bonds. The molecule has 0 spiro atoms. The number of rotatable bonds is 2. The van der Waals surface area contributed by atoms with E-state index in [4.69, 9.17) is 9.47 Å². The number of allylic oxidation sites excluding steroid dienone is 3. The monoisotopic (exact) mass is 256 g/mol. The molecule has 0 saturated heterocycles. The maximum atomic E-state index is 12.1. The normalized spacial score (nSPS) is 21.9. The molecule has 2 aliphatic rings. The minimum Gasteiger partial charge on any atom is -0.497 e. The van der Waals surface area contributed by atoms with Gasteiger partial charge in [0.2, 0.25) is 0 Å². The van der Waals surface area contributed by atoms with Crippen molar-refractivity contribution in [3.8, 4) is 5.75 Å². The van der Waals surface area contributed by atoms with Gasteiger partial charge in [0.1, 0.15) is 11.5 Å². The van der Waals surface area contributed by atoms with E-state index in [0.717, 1.165) is 35.5 Å². The largest absolute Gasteiger partial charge is 0.497 e. The Balaban J connectivity index is 1.98. The van der Waals surface area contributed by atoms with E-state index in [0.29, 0.717) is 6.42 Å². The van der Waals surface area contributed by atoms with Gasteiger partial charge in [-0.05, 0) is 30.2 Å². The van der Waals surface area contributed by atoms with Gasteiger partial charge in [-0.1, -0.05) is 12.1 Å². The molecule has 3 nitrogen and oxygen atoms in total. The maximum Gasteiger partial charge on any atom is 0.163 e. The first-order valence-corrected chi connectivity index (χ1v) is 6.53. The predicted octanol–water partition coefficient (Wildman–Crippen LogP) is 3.33. The summed E-state index contributed by atoms with van der Waals surface area (Å²) in [5.41, 5.74) is 1.93. The van der Waals surface area contributed by atoms with Gasteiger partial charge in [-0.25, -0.2) is 0 Å². The van der Waals surface area contributed by atoms with Crippen LogP contribution in [0.25, 0.3) is 0 Å². The quantitative estimate of drug-likeness (QED) is 0.814. The Hall–Kier alpha value is -2.03. The second kappa shape index (κ2) is 4.92. The highest BCUT2D eigenvalue weighted by atomic mass is 16.5. The number of methoxy groups -OCH3 is 1. The third-order valence-electron chi connectivity index (χ3n) is 3.68. The summed E-state index contributed by atoms with van der Waals surface area (Å²) in [6, 6.07) is 7.86. The topological polar surface area (TPSA) is 35.5 Å². The minimum atomic E-state index is 0.0162. The van der Waals surface area contributed by atoms with E-state index in [1.54, 1.807) is 13.4 Å². The van der Waals surface area contributed by atoms with Gasteiger partial charge < -0.3 is 9.47 Å². The number of ether oxygens (including phenoxy) is 2. The number of Topliss-reactive ketones (excluding diaryl/α,β-unsaturated/α-hetero) is 1. The third kappa shape index (κ3) is 2.16. The van der Waals surface area contributed by atoms with Crippen molar-refractivity contribution >= 4 is 5.78 Å². The number of hydrogen-bond acceptors (Lipinski definition) is 3. The van der Waals surface area contributed by atoms with E-state index in [1.165, 1.54) is 0 Å². The molecular weight excluding hydrogens is 240 g/mol. The van der Waals surface area contributed by atoms with Crippen LogP contribution in [0.3, 0.4) is 0 Å². The first-order chi connectivity index (χ1) is 9.29. The summed E-state index contributed by atoms with van der Waals surface area (Å²) < 4.78 is 10.7. The fourth-order valence-electron chi connectivity index (χ4n) is 2.69. The molecule has 1 aromatic carbocycles. The van der Waals surface area contributed by atoms with Crippen molar-refractivity contribution in [2.24, 2.45) is 0 Å². The number of hydrogen-bond donors (Lipinski definition) is 0. The first-order valence-electron chi connectivity index (χ1n) is 6.53. The molecular formula is C16H16O3. The van der Waals surface area contributed by atoms with Crippen molar-refractivity contribution in [1.82, 2.24) is 0 Å². The molecule has 1 atom stereocenters. The number of benzene rings is 1. The fraction of sp³-hybridized carbons (Fsp3) is 0.312. The van der Waals surface area contributed by atoms with E-state index < -0.39 is 0 Å². The van der Waals surface area contributed by atoms with E-state index >= 15 is 0 Å². The predicted molar refractivity (Wildman–Crippen MR) is 71.8 cm³/mol. The molecule has 1 aliphatic carbocycles. The van der Waals surface area contributed by atoms with E-state index in [9.17, 15) is 4.79 Å². The second-order valence-corrected chi connectivity index (χ2v) is 4.81. The summed E-state index contributed by atoms with van der Waals surface area (Å²) in [5, 5.41) is 0.